The maximum absolute atomic E-state index is 12.0. The van der Waals surface area contributed by atoms with Gasteiger partial charge in [-0.25, -0.2) is 9.67 Å². The number of benzene rings is 1. The fraction of sp³-hybridized carbons (Fsp3) is 0.375. The summed E-state index contributed by atoms with van der Waals surface area (Å²) >= 11 is 0. The van der Waals surface area contributed by atoms with Crippen molar-refractivity contribution in [2.45, 2.75) is 26.3 Å². The summed E-state index contributed by atoms with van der Waals surface area (Å²) in [5.41, 5.74) is 0.955. The van der Waals surface area contributed by atoms with Crippen LogP contribution in [0.25, 0.3) is 0 Å². The summed E-state index contributed by atoms with van der Waals surface area (Å²) in [5, 5.41) is 6.61. The van der Waals surface area contributed by atoms with Crippen LogP contribution >= 0.6 is 0 Å². The average Bonchev–Trinajstić information content (AvgIpc) is 3.00. The molecule has 1 aromatic carbocycles. The molecule has 0 unspecified atom stereocenters. The first kappa shape index (κ1) is 17.5. The number of ether oxygens (including phenoxy) is 2. The molecule has 1 N–H and O–H groups in total. The molecule has 0 saturated heterocycles. The predicted molar refractivity (Wildman–Crippen MR) is 86.6 cm³/mol. The Bertz CT molecular complexity index is 699. The highest BCUT2D eigenvalue weighted by molar-refractivity contribution is 5.89. The highest BCUT2D eigenvalue weighted by atomic mass is 16.5. The molecule has 128 valence electrons. The summed E-state index contributed by atoms with van der Waals surface area (Å²) < 4.78 is 11.4. The van der Waals surface area contributed by atoms with Gasteiger partial charge in [-0.3, -0.25) is 14.9 Å². The molecule has 0 aliphatic carbocycles. The topological polar surface area (TPSA) is 95.3 Å². The fourth-order valence-electron chi connectivity index (χ4n) is 2.11. The van der Waals surface area contributed by atoms with Crippen LogP contribution in [0, 0.1) is 0 Å². The maximum Gasteiger partial charge on any atom is 0.327 e. The van der Waals surface area contributed by atoms with E-state index in [1.807, 2.05) is 24.3 Å². The molecule has 0 radical (unpaired) electrons. The molecule has 24 heavy (non-hydrogen) atoms. The van der Waals surface area contributed by atoms with Crippen LogP contribution in [0.5, 0.6) is 5.75 Å². The normalized spacial score (nSPS) is 10.2. The molecular weight excluding hydrogens is 312 g/mol. The minimum absolute atomic E-state index is 0.0437. The maximum atomic E-state index is 12.0. The number of amides is 1. The molecular formula is C16H20N4O4. The van der Waals surface area contributed by atoms with Crippen molar-refractivity contribution >= 4 is 17.8 Å². The highest BCUT2D eigenvalue weighted by Gasteiger charge is 2.10. The molecule has 2 rings (SSSR count). The molecule has 2 aromatic rings. The Kier molecular flexibility index (Phi) is 6.30. The quantitative estimate of drug-likeness (QED) is 0.735. The van der Waals surface area contributed by atoms with E-state index in [2.05, 4.69) is 15.4 Å². The average molecular weight is 332 g/mol. The molecule has 0 aliphatic heterocycles. The van der Waals surface area contributed by atoms with Crippen LogP contribution in [-0.4, -0.2) is 40.4 Å². The van der Waals surface area contributed by atoms with E-state index >= 15 is 0 Å². The van der Waals surface area contributed by atoms with E-state index in [0.29, 0.717) is 13.0 Å². The van der Waals surface area contributed by atoms with Gasteiger partial charge in [-0.15, -0.1) is 5.10 Å². The van der Waals surface area contributed by atoms with Crippen molar-refractivity contribution < 1.29 is 19.1 Å². The van der Waals surface area contributed by atoms with Crippen molar-refractivity contribution in [2.75, 3.05) is 19.0 Å². The summed E-state index contributed by atoms with van der Waals surface area (Å²) in [6, 6.07) is 7.54. The Labute approximate surface area is 139 Å². The van der Waals surface area contributed by atoms with Crippen LogP contribution in [0.4, 0.5) is 5.95 Å². The van der Waals surface area contributed by atoms with E-state index in [1.165, 1.54) is 11.0 Å². The number of para-hydroxylation sites is 1. The monoisotopic (exact) mass is 332 g/mol. The van der Waals surface area contributed by atoms with E-state index in [9.17, 15) is 9.59 Å². The number of hydrogen-bond donors (Lipinski definition) is 1. The molecule has 0 spiro atoms. The standard InChI is InChI=1S/C16H20N4O4/c1-3-24-15(22)10-20-11-17-16(19-20)18-14(21)9-8-12-6-4-5-7-13(12)23-2/h4-7,11H,3,8-10H2,1-2H3,(H,18,19,21). The zero-order valence-electron chi connectivity index (χ0n) is 13.7. The van der Waals surface area contributed by atoms with Crippen molar-refractivity contribution in [1.82, 2.24) is 14.8 Å². The van der Waals surface area contributed by atoms with Crippen LogP contribution < -0.4 is 10.1 Å². The van der Waals surface area contributed by atoms with Crippen molar-refractivity contribution in [1.29, 1.82) is 0 Å². The number of anilines is 1. The lowest BCUT2D eigenvalue weighted by Gasteiger charge is -2.07. The zero-order chi connectivity index (χ0) is 17.4. The summed E-state index contributed by atoms with van der Waals surface area (Å²) in [4.78, 5) is 27.3. The summed E-state index contributed by atoms with van der Waals surface area (Å²) in [7, 11) is 1.60. The molecule has 8 heteroatoms. The van der Waals surface area contributed by atoms with Gasteiger partial charge in [0.05, 0.1) is 13.7 Å². The highest BCUT2D eigenvalue weighted by Crippen LogP contribution is 2.18. The van der Waals surface area contributed by atoms with Gasteiger partial charge >= 0.3 is 5.97 Å². The Balaban J connectivity index is 1.84. The van der Waals surface area contributed by atoms with Crippen LogP contribution in [0.3, 0.4) is 0 Å². The number of esters is 1. The number of aryl methyl sites for hydroxylation is 1. The second-order valence-corrected chi connectivity index (χ2v) is 4.93. The smallest absolute Gasteiger partial charge is 0.327 e. The summed E-state index contributed by atoms with van der Waals surface area (Å²) in [5.74, 6) is 0.290. The second-order valence-electron chi connectivity index (χ2n) is 4.93. The van der Waals surface area contributed by atoms with E-state index in [0.717, 1.165) is 11.3 Å². The van der Waals surface area contributed by atoms with Crippen molar-refractivity contribution in [3.63, 3.8) is 0 Å². The fourth-order valence-corrected chi connectivity index (χ4v) is 2.11. The van der Waals surface area contributed by atoms with Gasteiger partial charge in [0.25, 0.3) is 0 Å². The molecule has 0 saturated carbocycles. The Morgan fingerprint density at radius 3 is 2.83 bits per heavy atom. The summed E-state index contributed by atoms with van der Waals surface area (Å²) in [6.07, 6.45) is 2.18. The van der Waals surface area contributed by atoms with Gasteiger partial charge in [0.1, 0.15) is 18.6 Å². The number of rotatable bonds is 8. The van der Waals surface area contributed by atoms with Gasteiger partial charge in [-0.05, 0) is 25.0 Å². The SMILES string of the molecule is CCOC(=O)Cn1cnc(NC(=O)CCc2ccccc2OC)n1. The molecule has 1 heterocycles. The van der Waals surface area contributed by atoms with Gasteiger partial charge in [0.15, 0.2) is 0 Å². The Morgan fingerprint density at radius 2 is 2.08 bits per heavy atom. The third-order valence-corrected chi connectivity index (χ3v) is 3.20. The molecule has 0 bridgehead atoms. The van der Waals surface area contributed by atoms with E-state index < -0.39 is 5.97 Å². The number of carbonyl (C=O) groups excluding carboxylic acids is 2. The lowest BCUT2D eigenvalue weighted by atomic mass is 10.1. The summed E-state index contributed by atoms with van der Waals surface area (Å²) in [6.45, 7) is 1.99. The molecule has 1 aromatic heterocycles. The molecule has 8 nitrogen and oxygen atoms in total. The van der Waals surface area contributed by atoms with E-state index in [1.54, 1.807) is 14.0 Å². The van der Waals surface area contributed by atoms with Gasteiger partial charge < -0.3 is 9.47 Å². The third-order valence-electron chi connectivity index (χ3n) is 3.20. The predicted octanol–water partition coefficient (Wildman–Crippen LogP) is 1.42. The van der Waals surface area contributed by atoms with E-state index in [4.69, 9.17) is 9.47 Å². The number of nitrogens with one attached hydrogen (secondary N) is 1. The van der Waals surface area contributed by atoms with Gasteiger partial charge in [0.2, 0.25) is 11.9 Å². The lowest BCUT2D eigenvalue weighted by molar-refractivity contribution is -0.144. The number of nitrogens with zero attached hydrogens (tertiary/aromatic N) is 3. The number of methoxy groups -OCH3 is 1. The second kappa shape index (κ2) is 8.66. The number of aromatic nitrogens is 3. The molecule has 0 aliphatic rings. The third kappa shape index (κ3) is 5.08. The number of carbonyl (C=O) groups is 2. The Morgan fingerprint density at radius 1 is 1.29 bits per heavy atom. The molecule has 0 fully saturated rings. The minimum atomic E-state index is -0.406. The molecule has 0 atom stereocenters. The molecule has 1 amide bonds. The zero-order valence-corrected chi connectivity index (χ0v) is 13.7. The van der Waals surface area contributed by atoms with Gasteiger partial charge in [-0.2, -0.15) is 0 Å². The van der Waals surface area contributed by atoms with Gasteiger partial charge in [0, 0.05) is 6.42 Å². The minimum Gasteiger partial charge on any atom is -0.496 e. The van der Waals surface area contributed by atoms with Crippen LogP contribution in [-0.2, 0) is 27.3 Å². The van der Waals surface area contributed by atoms with Gasteiger partial charge in [-0.1, -0.05) is 18.2 Å². The van der Waals surface area contributed by atoms with Crippen LogP contribution in [0.1, 0.15) is 18.9 Å². The lowest BCUT2D eigenvalue weighted by Crippen LogP contribution is -2.16. The Hall–Kier alpha value is -2.90. The van der Waals surface area contributed by atoms with Crippen molar-refractivity contribution in [3.05, 3.63) is 36.2 Å². The first-order valence-electron chi connectivity index (χ1n) is 7.59. The van der Waals surface area contributed by atoms with Crippen molar-refractivity contribution in [3.8, 4) is 5.75 Å². The number of hydrogen-bond acceptors (Lipinski definition) is 6. The first-order valence-corrected chi connectivity index (χ1v) is 7.59. The largest absolute Gasteiger partial charge is 0.496 e. The van der Waals surface area contributed by atoms with E-state index in [-0.39, 0.29) is 24.8 Å². The van der Waals surface area contributed by atoms with Crippen LogP contribution in [0.2, 0.25) is 0 Å². The van der Waals surface area contributed by atoms with Crippen molar-refractivity contribution in [2.24, 2.45) is 0 Å². The first-order chi connectivity index (χ1) is 11.6. The van der Waals surface area contributed by atoms with Crippen LogP contribution in [0.15, 0.2) is 30.6 Å².